The molecule has 0 bridgehead atoms. The summed E-state index contributed by atoms with van der Waals surface area (Å²) >= 11 is 0. The lowest BCUT2D eigenvalue weighted by Gasteiger charge is -2.34. The lowest BCUT2D eigenvalue weighted by molar-refractivity contribution is -0.146. The summed E-state index contributed by atoms with van der Waals surface area (Å²) in [6.45, 7) is 6.67. The fourth-order valence-corrected chi connectivity index (χ4v) is 3.55. The zero-order chi connectivity index (χ0) is 17.5. The highest BCUT2D eigenvalue weighted by Crippen LogP contribution is 2.22. The molecule has 2 fully saturated rings. The molecule has 0 spiro atoms. The van der Waals surface area contributed by atoms with Crippen molar-refractivity contribution in [3.63, 3.8) is 0 Å². The van der Waals surface area contributed by atoms with Crippen molar-refractivity contribution in [2.24, 2.45) is 0 Å². The molecule has 2 aliphatic heterocycles. The number of morpholine rings is 1. The van der Waals surface area contributed by atoms with Gasteiger partial charge in [-0.25, -0.2) is 0 Å². The molecule has 25 heavy (non-hydrogen) atoms. The molecule has 1 aromatic rings. The number of methoxy groups -OCH3 is 1. The first-order chi connectivity index (χ1) is 12.2. The third-order valence-electron chi connectivity index (χ3n) is 5.17. The maximum atomic E-state index is 12.6. The van der Waals surface area contributed by atoms with Crippen LogP contribution < -0.4 is 10.6 Å². The number of benzene rings is 1. The zero-order valence-corrected chi connectivity index (χ0v) is 15.1. The summed E-state index contributed by atoms with van der Waals surface area (Å²) in [5, 5.41) is 6.34. The predicted molar refractivity (Wildman–Crippen MR) is 96.2 cm³/mol. The van der Waals surface area contributed by atoms with Gasteiger partial charge in [0.05, 0.1) is 13.2 Å². The topological polar surface area (TPSA) is 62.8 Å². The van der Waals surface area contributed by atoms with Crippen LogP contribution in [0.15, 0.2) is 24.3 Å². The molecule has 6 nitrogen and oxygen atoms in total. The Hall–Kier alpha value is -1.47. The van der Waals surface area contributed by atoms with E-state index < -0.39 is 5.60 Å². The van der Waals surface area contributed by atoms with E-state index in [1.54, 1.807) is 7.11 Å². The first kappa shape index (κ1) is 18.3. The van der Waals surface area contributed by atoms with Crippen LogP contribution >= 0.6 is 0 Å². The Kier molecular flexibility index (Phi) is 6.42. The number of piperidine rings is 1. The molecule has 2 aliphatic rings. The largest absolute Gasteiger partial charge is 0.379 e. The molecular weight excluding hydrogens is 318 g/mol. The summed E-state index contributed by atoms with van der Waals surface area (Å²) in [5.74, 6) is -0.00455. The highest BCUT2D eigenvalue weighted by Gasteiger charge is 2.39. The maximum absolute atomic E-state index is 12.6. The van der Waals surface area contributed by atoms with Gasteiger partial charge in [0.1, 0.15) is 5.60 Å². The number of amides is 1. The Morgan fingerprint density at radius 1 is 1.28 bits per heavy atom. The Labute approximate surface area is 149 Å². The van der Waals surface area contributed by atoms with Crippen molar-refractivity contribution < 1.29 is 14.3 Å². The lowest BCUT2D eigenvalue weighted by Crippen LogP contribution is -2.53. The highest BCUT2D eigenvalue weighted by atomic mass is 16.5. The van der Waals surface area contributed by atoms with E-state index in [-0.39, 0.29) is 5.91 Å². The lowest BCUT2D eigenvalue weighted by atomic mass is 9.91. The van der Waals surface area contributed by atoms with Gasteiger partial charge in [0, 0.05) is 33.3 Å². The highest BCUT2D eigenvalue weighted by molar-refractivity contribution is 5.85. The van der Waals surface area contributed by atoms with Crippen molar-refractivity contribution in [1.82, 2.24) is 15.5 Å². The normalized spacial score (nSPS) is 21.0. The molecule has 0 radical (unpaired) electrons. The SMILES string of the molecule is COC1(C(=O)NCc2cccc(CN3CCOCC3)c2)CCNCC1. The van der Waals surface area contributed by atoms with E-state index in [4.69, 9.17) is 9.47 Å². The number of carbonyl (C=O) groups excluding carboxylic acids is 1. The number of rotatable bonds is 6. The van der Waals surface area contributed by atoms with Crippen LogP contribution in [0.2, 0.25) is 0 Å². The minimum absolute atomic E-state index is 0.00455. The fourth-order valence-electron chi connectivity index (χ4n) is 3.55. The number of hydrogen-bond donors (Lipinski definition) is 2. The molecular formula is C19H29N3O3. The first-order valence-corrected chi connectivity index (χ1v) is 9.14. The summed E-state index contributed by atoms with van der Waals surface area (Å²) in [7, 11) is 1.63. The smallest absolute Gasteiger partial charge is 0.252 e. The molecule has 2 heterocycles. The molecule has 2 N–H and O–H groups in total. The van der Waals surface area contributed by atoms with Gasteiger partial charge in [0.2, 0.25) is 0 Å². The molecule has 138 valence electrons. The van der Waals surface area contributed by atoms with E-state index in [1.807, 2.05) is 0 Å². The van der Waals surface area contributed by atoms with Crippen molar-refractivity contribution in [2.45, 2.75) is 31.5 Å². The average molecular weight is 347 g/mol. The molecule has 0 saturated carbocycles. The molecule has 3 rings (SSSR count). The van der Waals surface area contributed by atoms with Gasteiger partial charge in [-0.3, -0.25) is 9.69 Å². The molecule has 1 aromatic carbocycles. The maximum Gasteiger partial charge on any atom is 0.252 e. The van der Waals surface area contributed by atoms with E-state index in [0.717, 1.165) is 51.5 Å². The van der Waals surface area contributed by atoms with Gasteiger partial charge in [-0.1, -0.05) is 24.3 Å². The molecule has 1 amide bonds. The van der Waals surface area contributed by atoms with Gasteiger partial charge in [-0.15, -0.1) is 0 Å². The monoisotopic (exact) mass is 347 g/mol. The number of carbonyl (C=O) groups is 1. The Bertz CT molecular complexity index is 567. The van der Waals surface area contributed by atoms with Crippen molar-refractivity contribution in [2.75, 3.05) is 46.5 Å². The van der Waals surface area contributed by atoms with E-state index in [1.165, 1.54) is 5.56 Å². The summed E-state index contributed by atoms with van der Waals surface area (Å²) in [6.07, 6.45) is 1.43. The van der Waals surface area contributed by atoms with Crippen LogP contribution in [-0.2, 0) is 27.4 Å². The zero-order valence-electron chi connectivity index (χ0n) is 15.1. The molecule has 0 unspecified atom stereocenters. The van der Waals surface area contributed by atoms with Crippen LogP contribution in [0.4, 0.5) is 0 Å². The summed E-state index contributed by atoms with van der Waals surface area (Å²) < 4.78 is 11.0. The molecule has 0 atom stereocenters. The minimum atomic E-state index is -0.684. The van der Waals surface area contributed by atoms with Gasteiger partial charge in [0.25, 0.3) is 5.91 Å². The molecule has 0 aliphatic carbocycles. The summed E-state index contributed by atoms with van der Waals surface area (Å²) in [5.41, 5.74) is 1.72. The second-order valence-electron chi connectivity index (χ2n) is 6.84. The van der Waals surface area contributed by atoms with Crippen molar-refractivity contribution in [3.8, 4) is 0 Å². The molecule has 0 aromatic heterocycles. The van der Waals surface area contributed by atoms with Crippen molar-refractivity contribution in [1.29, 1.82) is 0 Å². The minimum Gasteiger partial charge on any atom is -0.379 e. The molecule has 6 heteroatoms. The van der Waals surface area contributed by atoms with Gasteiger partial charge in [-0.05, 0) is 37.1 Å². The number of hydrogen-bond acceptors (Lipinski definition) is 5. The third kappa shape index (κ3) is 4.79. The first-order valence-electron chi connectivity index (χ1n) is 9.14. The second-order valence-corrected chi connectivity index (χ2v) is 6.84. The van der Waals surface area contributed by atoms with E-state index in [9.17, 15) is 4.79 Å². The predicted octanol–water partition coefficient (Wildman–Crippen LogP) is 0.904. The van der Waals surface area contributed by atoms with E-state index in [0.29, 0.717) is 19.4 Å². The number of ether oxygens (including phenoxy) is 2. The van der Waals surface area contributed by atoms with Gasteiger partial charge in [0.15, 0.2) is 0 Å². The van der Waals surface area contributed by atoms with Crippen LogP contribution in [-0.4, -0.2) is 62.9 Å². The van der Waals surface area contributed by atoms with E-state index in [2.05, 4.69) is 39.8 Å². The van der Waals surface area contributed by atoms with Crippen LogP contribution in [0.25, 0.3) is 0 Å². The standard InChI is InChI=1S/C19H29N3O3/c1-24-19(5-7-20-8-6-19)18(23)21-14-16-3-2-4-17(13-16)15-22-9-11-25-12-10-22/h2-4,13,20H,5-12,14-15H2,1H3,(H,21,23). The average Bonchev–Trinajstić information content (AvgIpc) is 2.68. The summed E-state index contributed by atoms with van der Waals surface area (Å²) in [6, 6.07) is 8.45. The van der Waals surface area contributed by atoms with Crippen LogP contribution in [0.3, 0.4) is 0 Å². The third-order valence-corrected chi connectivity index (χ3v) is 5.17. The van der Waals surface area contributed by atoms with Crippen molar-refractivity contribution >= 4 is 5.91 Å². The van der Waals surface area contributed by atoms with Gasteiger partial charge in [-0.2, -0.15) is 0 Å². The van der Waals surface area contributed by atoms with Crippen LogP contribution in [0.1, 0.15) is 24.0 Å². The van der Waals surface area contributed by atoms with Gasteiger partial charge < -0.3 is 20.1 Å². The quantitative estimate of drug-likeness (QED) is 0.801. The van der Waals surface area contributed by atoms with Gasteiger partial charge >= 0.3 is 0 Å². The Morgan fingerprint density at radius 3 is 2.72 bits per heavy atom. The Morgan fingerprint density at radius 2 is 2.00 bits per heavy atom. The van der Waals surface area contributed by atoms with Crippen LogP contribution in [0.5, 0.6) is 0 Å². The summed E-state index contributed by atoms with van der Waals surface area (Å²) in [4.78, 5) is 15.0. The van der Waals surface area contributed by atoms with Crippen molar-refractivity contribution in [3.05, 3.63) is 35.4 Å². The van der Waals surface area contributed by atoms with E-state index >= 15 is 0 Å². The Balaban J connectivity index is 1.55. The number of nitrogens with zero attached hydrogens (tertiary/aromatic N) is 1. The molecule has 2 saturated heterocycles. The van der Waals surface area contributed by atoms with Crippen LogP contribution in [0, 0.1) is 0 Å². The number of nitrogens with one attached hydrogen (secondary N) is 2. The fraction of sp³-hybridized carbons (Fsp3) is 0.632. The second kappa shape index (κ2) is 8.76.